The molecule has 0 radical (unpaired) electrons. The summed E-state index contributed by atoms with van der Waals surface area (Å²) in [4.78, 5) is 6.88. The number of hydrogen-bond donors (Lipinski definition) is 1. The number of nitrogens with two attached hydrogens (primary N) is 1. The second-order valence-electron chi connectivity index (χ2n) is 4.31. The molecular weight excluding hydrogens is 186 g/mol. The quantitative estimate of drug-likeness (QED) is 0.538. The molecule has 0 aromatic carbocycles. The van der Waals surface area contributed by atoms with Crippen LogP contribution >= 0.6 is 0 Å². The third-order valence-electron chi connectivity index (χ3n) is 3.38. The summed E-state index contributed by atoms with van der Waals surface area (Å²) in [6.45, 7) is 8.50. The van der Waals surface area contributed by atoms with Crippen molar-refractivity contribution >= 4 is 5.84 Å². The summed E-state index contributed by atoms with van der Waals surface area (Å²) in [6, 6.07) is 0. The Morgan fingerprint density at radius 2 is 1.87 bits per heavy atom. The zero-order valence-corrected chi connectivity index (χ0v) is 10.2. The summed E-state index contributed by atoms with van der Waals surface area (Å²) in [7, 11) is 0. The van der Waals surface area contributed by atoms with Gasteiger partial charge in [0, 0.05) is 12.5 Å². The number of nitrogens with zero attached hydrogens (tertiary/aromatic N) is 2. The fraction of sp³-hybridized carbons (Fsp3) is 0.917. The molecule has 0 aromatic rings. The Labute approximate surface area is 93.7 Å². The van der Waals surface area contributed by atoms with E-state index in [1.165, 1.54) is 25.7 Å². The Morgan fingerprint density at radius 3 is 2.40 bits per heavy atom. The average Bonchev–Trinajstić information content (AvgIpc) is 2.77. The first-order chi connectivity index (χ1) is 7.27. The van der Waals surface area contributed by atoms with Crippen molar-refractivity contribution in [3.63, 3.8) is 0 Å². The smallest absolute Gasteiger partial charge is 0.0968 e. The molecule has 1 rings (SSSR count). The summed E-state index contributed by atoms with van der Waals surface area (Å²) < 4.78 is 0. The van der Waals surface area contributed by atoms with Gasteiger partial charge in [0.2, 0.25) is 0 Å². The molecule has 0 unspecified atom stereocenters. The lowest BCUT2D eigenvalue weighted by atomic mass is 10.1. The highest BCUT2D eigenvalue weighted by atomic mass is 15.1. The van der Waals surface area contributed by atoms with Crippen molar-refractivity contribution in [2.45, 2.75) is 39.5 Å². The highest BCUT2D eigenvalue weighted by Gasteiger charge is 2.18. The zero-order valence-electron chi connectivity index (χ0n) is 10.2. The number of rotatable bonds is 6. The Balaban J connectivity index is 2.23. The van der Waals surface area contributed by atoms with Gasteiger partial charge >= 0.3 is 0 Å². The minimum Gasteiger partial charge on any atom is -0.387 e. The Morgan fingerprint density at radius 1 is 1.27 bits per heavy atom. The van der Waals surface area contributed by atoms with Gasteiger partial charge in [-0.1, -0.05) is 26.7 Å². The summed E-state index contributed by atoms with van der Waals surface area (Å²) in [5, 5.41) is 0. The van der Waals surface area contributed by atoms with Gasteiger partial charge in [-0.15, -0.1) is 0 Å². The van der Waals surface area contributed by atoms with E-state index in [0.29, 0.717) is 5.92 Å². The molecule has 15 heavy (non-hydrogen) atoms. The van der Waals surface area contributed by atoms with E-state index in [0.717, 1.165) is 32.0 Å². The standard InChI is InChI=1S/C12H25N3/c1-3-15(4-2)10-9-14-12(13)11-7-5-6-8-11/h11H,3-10H2,1-2H3,(H2,13,14). The van der Waals surface area contributed by atoms with Gasteiger partial charge in [0.25, 0.3) is 0 Å². The van der Waals surface area contributed by atoms with Crippen molar-refractivity contribution in [3.05, 3.63) is 0 Å². The molecule has 3 heteroatoms. The molecule has 0 atom stereocenters. The monoisotopic (exact) mass is 211 g/mol. The van der Waals surface area contributed by atoms with Gasteiger partial charge in [-0.05, 0) is 25.9 Å². The second-order valence-corrected chi connectivity index (χ2v) is 4.31. The molecule has 0 heterocycles. The van der Waals surface area contributed by atoms with Crippen LogP contribution in [0.25, 0.3) is 0 Å². The Bertz CT molecular complexity index is 191. The lowest BCUT2D eigenvalue weighted by molar-refractivity contribution is 0.313. The molecule has 1 fully saturated rings. The van der Waals surface area contributed by atoms with Crippen LogP contribution in [0.4, 0.5) is 0 Å². The van der Waals surface area contributed by atoms with E-state index in [9.17, 15) is 0 Å². The van der Waals surface area contributed by atoms with Crippen molar-refractivity contribution in [1.29, 1.82) is 0 Å². The molecule has 0 aromatic heterocycles. The highest BCUT2D eigenvalue weighted by molar-refractivity contribution is 5.83. The third kappa shape index (κ3) is 4.20. The second kappa shape index (κ2) is 6.83. The molecule has 0 spiro atoms. The lowest BCUT2D eigenvalue weighted by Crippen LogP contribution is -2.28. The van der Waals surface area contributed by atoms with Crippen LogP contribution in [0.5, 0.6) is 0 Å². The molecule has 0 saturated heterocycles. The van der Waals surface area contributed by atoms with E-state index in [2.05, 4.69) is 23.7 Å². The average molecular weight is 211 g/mol. The molecular formula is C12H25N3. The van der Waals surface area contributed by atoms with Crippen molar-refractivity contribution in [3.8, 4) is 0 Å². The minimum absolute atomic E-state index is 0.585. The number of amidine groups is 1. The van der Waals surface area contributed by atoms with Crippen LogP contribution in [0.2, 0.25) is 0 Å². The van der Waals surface area contributed by atoms with Crippen LogP contribution in [0.3, 0.4) is 0 Å². The predicted molar refractivity (Wildman–Crippen MR) is 66.2 cm³/mol. The van der Waals surface area contributed by atoms with Gasteiger partial charge in [-0.25, -0.2) is 0 Å². The largest absolute Gasteiger partial charge is 0.387 e. The van der Waals surface area contributed by atoms with Crippen LogP contribution in [0.15, 0.2) is 4.99 Å². The minimum atomic E-state index is 0.585. The normalized spacial score (nSPS) is 19.0. The van der Waals surface area contributed by atoms with Crippen LogP contribution in [0, 0.1) is 5.92 Å². The first-order valence-corrected chi connectivity index (χ1v) is 6.30. The molecule has 88 valence electrons. The van der Waals surface area contributed by atoms with Crippen molar-refractivity contribution < 1.29 is 0 Å². The van der Waals surface area contributed by atoms with E-state index in [1.54, 1.807) is 0 Å². The number of hydrogen-bond acceptors (Lipinski definition) is 2. The first-order valence-electron chi connectivity index (χ1n) is 6.30. The summed E-state index contributed by atoms with van der Waals surface area (Å²) in [5.74, 6) is 1.49. The zero-order chi connectivity index (χ0) is 11.1. The maximum atomic E-state index is 5.98. The van der Waals surface area contributed by atoms with Crippen LogP contribution in [-0.2, 0) is 0 Å². The fourth-order valence-electron chi connectivity index (χ4n) is 2.21. The van der Waals surface area contributed by atoms with Crippen LogP contribution in [0.1, 0.15) is 39.5 Å². The molecule has 2 N–H and O–H groups in total. The summed E-state index contributed by atoms with van der Waals surface area (Å²) >= 11 is 0. The van der Waals surface area contributed by atoms with E-state index in [4.69, 9.17) is 5.73 Å². The Kier molecular flexibility index (Phi) is 5.69. The lowest BCUT2D eigenvalue weighted by Gasteiger charge is -2.16. The molecule has 3 nitrogen and oxygen atoms in total. The van der Waals surface area contributed by atoms with Crippen molar-refractivity contribution in [2.24, 2.45) is 16.6 Å². The molecule has 0 bridgehead atoms. The van der Waals surface area contributed by atoms with Gasteiger partial charge < -0.3 is 10.6 Å². The predicted octanol–water partition coefficient (Wildman–Crippen LogP) is 1.88. The maximum absolute atomic E-state index is 5.98. The van der Waals surface area contributed by atoms with E-state index in [1.807, 2.05) is 0 Å². The number of aliphatic imine (C=N–C) groups is 1. The van der Waals surface area contributed by atoms with Gasteiger partial charge in [0.1, 0.15) is 0 Å². The first kappa shape index (κ1) is 12.5. The van der Waals surface area contributed by atoms with Gasteiger partial charge in [-0.3, -0.25) is 4.99 Å². The number of likely N-dealkylation sites (N-methyl/N-ethyl adjacent to an activating group) is 1. The highest BCUT2D eigenvalue weighted by Crippen LogP contribution is 2.24. The van der Waals surface area contributed by atoms with E-state index < -0.39 is 0 Å². The summed E-state index contributed by atoms with van der Waals surface area (Å²) in [5.41, 5.74) is 5.98. The van der Waals surface area contributed by atoms with Crippen LogP contribution < -0.4 is 5.73 Å². The van der Waals surface area contributed by atoms with Gasteiger partial charge in [0.15, 0.2) is 0 Å². The summed E-state index contributed by atoms with van der Waals surface area (Å²) in [6.07, 6.45) is 5.16. The van der Waals surface area contributed by atoms with E-state index in [-0.39, 0.29) is 0 Å². The van der Waals surface area contributed by atoms with Crippen molar-refractivity contribution in [2.75, 3.05) is 26.2 Å². The molecule has 1 saturated carbocycles. The topological polar surface area (TPSA) is 41.6 Å². The van der Waals surface area contributed by atoms with Gasteiger partial charge in [0.05, 0.1) is 12.4 Å². The molecule has 0 aliphatic heterocycles. The van der Waals surface area contributed by atoms with Crippen molar-refractivity contribution in [1.82, 2.24) is 4.90 Å². The fourth-order valence-corrected chi connectivity index (χ4v) is 2.21. The van der Waals surface area contributed by atoms with Gasteiger partial charge in [-0.2, -0.15) is 0 Å². The molecule has 1 aliphatic rings. The van der Waals surface area contributed by atoms with Crippen LogP contribution in [-0.4, -0.2) is 36.9 Å². The third-order valence-corrected chi connectivity index (χ3v) is 3.38. The Hall–Kier alpha value is -0.570. The SMILES string of the molecule is CCN(CC)CCN=C(N)C1CCCC1. The maximum Gasteiger partial charge on any atom is 0.0968 e. The molecule has 0 amide bonds. The molecule has 1 aliphatic carbocycles. The van der Waals surface area contributed by atoms with E-state index >= 15 is 0 Å².